The molecule has 3 nitrogen and oxygen atoms in total. The van der Waals surface area contributed by atoms with Gasteiger partial charge in [-0.2, -0.15) is 0 Å². The quantitative estimate of drug-likeness (QED) is 0.595. The predicted octanol–water partition coefficient (Wildman–Crippen LogP) is 1.12. The van der Waals surface area contributed by atoms with Gasteiger partial charge in [-0.05, 0) is 12.8 Å². The SMILES string of the molecule is COCC1(C2CC2)CCC(=O)O1. The van der Waals surface area contributed by atoms with Gasteiger partial charge in [0.25, 0.3) is 0 Å². The fourth-order valence-electron chi connectivity index (χ4n) is 2.00. The Hall–Kier alpha value is -0.570. The van der Waals surface area contributed by atoms with Crippen molar-refractivity contribution >= 4 is 5.97 Å². The maximum Gasteiger partial charge on any atom is 0.306 e. The predicted molar refractivity (Wildman–Crippen MR) is 42.7 cm³/mol. The molecule has 0 aromatic rings. The summed E-state index contributed by atoms with van der Waals surface area (Å²) in [6.07, 6.45) is 3.80. The summed E-state index contributed by atoms with van der Waals surface area (Å²) in [5, 5.41) is 0. The lowest BCUT2D eigenvalue weighted by molar-refractivity contribution is -0.154. The van der Waals surface area contributed by atoms with E-state index >= 15 is 0 Å². The van der Waals surface area contributed by atoms with Crippen molar-refractivity contribution in [2.24, 2.45) is 5.92 Å². The molecule has 2 fully saturated rings. The maximum absolute atomic E-state index is 11.0. The van der Waals surface area contributed by atoms with Gasteiger partial charge in [-0.25, -0.2) is 0 Å². The number of methoxy groups -OCH3 is 1. The Labute approximate surface area is 72.0 Å². The minimum absolute atomic E-state index is 0.0565. The molecular weight excluding hydrogens is 156 g/mol. The molecule has 1 heterocycles. The first-order chi connectivity index (χ1) is 5.77. The van der Waals surface area contributed by atoms with Crippen LogP contribution >= 0.6 is 0 Å². The summed E-state index contributed by atoms with van der Waals surface area (Å²) in [5.74, 6) is 0.517. The monoisotopic (exact) mass is 170 g/mol. The fraction of sp³-hybridized carbons (Fsp3) is 0.889. The van der Waals surface area contributed by atoms with Gasteiger partial charge in [0.2, 0.25) is 0 Å². The second kappa shape index (κ2) is 2.73. The van der Waals surface area contributed by atoms with Crippen LogP contribution in [-0.4, -0.2) is 25.3 Å². The molecule has 1 saturated heterocycles. The zero-order valence-corrected chi connectivity index (χ0v) is 7.34. The van der Waals surface area contributed by atoms with Crippen molar-refractivity contribution in [3.05, 3.63) is 0 Å². The Morgan fingerprint density at radius 3 is 2.83 bits per heavy atom. The van der Waals surface area contributed by atoms with Gasteiger partial charge in [0.1, 0.15) is 5.60 Å². The second-order valence-corrected chi connectivity index (χ2v) is 3.75. The number of carbonyl (C=O) groups is 1. The van der Waals surface area contributed by atoms with E-state index in [1.54, 1.807) is 7.11 Å². The molecule has 0 bridgehead atoms. The topological polar surface area (TPSA) is 35.5 Å². The van der Waals surface area contributed by atoms with E-state index in [1.807, 2.05) is 0 Å². The third kappa shape index (κ3) is 1.22. The summed E-state index contributed by atoms with van der Waals surface area (Å²) < 4.78 is 10.5. The lowest BCUT2D eigenvalue weighted by atomic mass is 9.95. The Kier molecular flexibility index (Phi) is 1.83. The van der Waals surface area contributed by atoms with Crippen LogP contribution in [0.2, 0.25) is 0 Å². The molecule has 3 heteroatoms. The Morgan fingerprint density at radius 2 is 2.42 bits per heavy atom. The summed E-state index contributed by atoms with van der Waals surface area (Å²) in [6, 6.07) is 0. The van der Waals surface area contributed by atoms with Crippen LogP contribution in [0.3, 0.4) is 0 Å². The number of hydrogen-bond acceptors (Lipinski definition) is 3. The summed E-state index contributed by atoms with van der Waals surface area (Å²) in [7, 11) is 1.66. The van der Waals surface area contributed by atoms with Crippen LogP contribution in [0.1, 0.15) is 25.7 Å². The van der Waals surface area contributed by atoms with Crippen molar-refractivity contribution in [2.75, 3.05) is 13.7 Å². The fourth-order valence-corrected chi connectivity index (χ4v) is 2.00. The highest BCUT2D eigenvalue weighted by atomic mass is 16.6. The van der Waals surface area contributed by atoms with E-state index in [4.69, 9.17) is 9.47 Å². The van der Waals surface area contributed by atoms with E-state index in [-0.39, 0.29) is 11.6 Å². The third-order valence-corrected chi connectivity index (χ3v) is 2.78. The second-order valence-electron chi connectivity index (χ2n) is 3.75. The third-order valence-electron chi connectivity index (χ3n) is 2.78. The van der Waals surface area contributed by atoms with Crippen molar-refractivity contribution < 1.29 is 14.3 Å². The summed E-state index contributed by atoms with van der Waals surface area (Å²) in [4.78, 5) is 11.0. The van der Waals surface area contributed by atoms with E-state index in [0.717, 1.165) is 6.42 Å². The minimum atomic E-state index is -0.244. The van der Waals surface area contributed by atoms with Crippen LogP contribution in [-0.2, 0) is 14.3 Å². The number of hydrogen-bond donors (Lipinski definition) is 0. The average molecular weight is 170 g/mol. The van der Waals surface area contributed by atoms with Gasteiger partial charge < -0.3 is 9.47 Å². The molecule has 0 spiro atoms. The van der Waals surface area contributed by atoms with Gasteiger partial charge in [-0.15, -0.1) is 0 Å². The standard InChI is InChI=1S/C9H14O3/c1-11-6-9(7-2-3-7)5-4-8(10)12-9/h7H,2-6H2,1H3. The molecule has 0 radical (unpaired) electrons. The number of rotatable bonds is 3. The molecule has 0 aromatic heterocycles. The highest BCUT2D eigenvalue weighted by Gasteiger charge is 2.51. The first-order valence-electron chi connectivity index (χ1n) is 4.48. The number of cyclic esters (lactones) is 1. The molecule has 0 N–H and O–H groups in total. The van der Waals surface area contributed by atoms with Crippen LogP contribution < -0.4 is 0 Å². The molecule has 68 valence electrons. The van der Waals surface area contributed by atoms with Crippen molar-refractivity contribution in [3.63, 3.8) is 0 Å². The van der Waals surface area contributed by atoms with Gasteiger partial charge >= 0.3 is 5.97 Å². The largest absolute Gasteiger partial charge is 0.456 e. The average Bonchev–Trinajstić information content (AvgIpc) is 2.80. The normalized spacial score (nSPS) is 35.2. The molecular formula is C9H14O3. The molecule has 1 aliphatic heterocycles. The van der Waals surface area contributed by atoms with Crippen LogP contribution in [0.25, 0.3) is 0 Å². The highest BCUT2D eigenvalue weighted by molar-refractivity contribution is 5.72. The molecule has 12 heavy (non-hydrogen) atoms. The molecule has 0 amide bonds. The lowest BCUT2D eigenvalue weighted by Crippen LogP contribution is -2.36. The molecule has 1 atom stereocenters. The molecule has 2 aliphatic rings. The highest BCUT2D eigenvalue weighted by Crippen LogP contribution is 2.47. The molecule has 1 saturated carbocycles. The summed E-state index contributed by atoms with van der Waals surface area (Å²) in [6.45, 7) is 0.573. The van der Waals surface area contributed by atoms with E-state index in [9.17, 15) is 4.79 Å². The Balaban J connectivity index is 2.06. The maximum atomic E-state index is 11.0. The van der Waals surface area contributed by atoms with E-state index in [2.05, 4.69) is 0 Å². The van der Waals surface area contributed by atoms with Crippen LogP contribution in [0.5, 0.6) is 0 Å². The Bertz CT molecular complexity index is 198. The molecule has 0 aromatic carbocycles. The van der Waals surface area contributed by atoms with Crippen molar-refractivity contribution in [1.82, 2.24) is 0 Å². The smallest absolute Gasteiger partial charge is 0.306 e. The number of esters is 1. The molecule has 2 rings (SSSR count). The van der Waals surface area contributed by atoms with Gasteiger partial charge in [0.05, 0.1) is 6.61 Å². The van der Waals surface area contributed by atoms with Crippen molar-refractivity contribution in [2.45, 2.75) is 31.3 Å². The van der Waals surface area contributed by atoms with E-state index in [1.165, 1.54) is 12.8 Å². The van der Waals surface area contributed by atoms with Crippen molar-refractivity contribution in [1.29, 1.82) is 0 Å². The number of carbonyl (C=O) groups excluding carboxylic acids is 1. The van der Waals surface area contributed by atoms with Gasteiger partial charge in [0.15, 0.2) is 0 Å². The zero-order valence-electron chi connectivity index (χ0n) is 7.34. The Morgan fingerprint density at radius 1 is 1.67 bits per heavy atom. The van der Waals surface area contributed by atoms with Crippen LogP contribution in [0.4, 0.5) is 0 Å². The number of ether oxygens (including phenoxy) is 2. The molecule has 1 unspecified atom stereocenters. The van der Waals surface area contributed by atoms with Gasteiger partial charge in [-0.1, -0.05) is 0 Å². The van der Waals surface area contributed by atoms with E-state index < -0.39 is 0 Å². The first-order valence-corrected chi connectivity index (χ1v) is 4.48. The summed E-state index contributed by atoms with van der Waals surface area (Å²) >= 11 is 0. The van der Waals surface area contributed by atoms with E-state index in [0.29, 0.717) is 18.9 Å². The van der Waals surface area contributed by atoms with Gasteiger partial charge in [-0.3, -0.25) is 4.79 Å². The summed E-state index contributed by atoms with van der Waals surface area (Å²) in [5.41, 5.74) is -0.244. The first kappa shape index (κ1) is 8.05. The lowest BCUT2D eigenvalue weighted by Gasteiger charge is -2.26. The van der Waals surface area contributed by atoms with Crippen molar-refractivity contribution in [3.8, 4) is 0 Å². The molecule has 1 aliphatic carbocycles. The van der Waals surface area contributed by atoms with Gasteiger partial charge in [0, 0.05) is 25.9 Å². The van der Waals surface area contributed by atoms with Crippen LogP contribution in [0, 0.1) is 5.92 Å². The zero-order chi connectivity index (χ0) is 8.60. The minimum Gasteiger partial charge on any atom is -0.456 e. The van der Waals surface area contributed by atoms with Crippen LogP contribution in [0.15, 0.2) is 0 Å².